The number of amides is 1. The highest BCUT2D eigenvalue weighted by atomic mass is 16.3. The van der Waals surface area contributed by atoms with Crippen molar-refractivity contribution in [3.05, 3.63) is 108 Å². The molecule has 0 aliphatic heterocycles. The molecule has 3 heteroatoms. The molecule has 0 aliphatic rings. The van der Waals surface area contributed by atoms with Crippen molar-refractivity contribution in [2.45, 2.75) is 18.4 Å². The number of carbonyl (C=O) groups is 1. The summed E-state index contributed by atoms with van der Waals surface area (Å²) in [6, 6.07) is 29.2. The van der Waals surface area contributed by atoms with Crippen LogP contribution in [-0.4, -0.2) is 29.6 Å². The lowest BCUT2D eigenvalue weighted by Crippen LogP contribution is -2.37. The van der Waals surface area contributed by atoms with Crippen molar-refractivity contribution in [3.63, 3.8) is 0 Å². The summed E-state index contributed by atoms with van der Waals surface area (Å²) in [6.45, 7) is -0.112. The minimum Gasteiger partial charge on any atom is -0.394 e. The van der Waals surface area contributed by atoms with Crippen LogP contribution in [0.15, 0.2) is 91.0 Å². The lowest BCUT2D eigenvalue weighted by Gasteiger charge is -2.31. The van der Waals surface area contributed by atoms with Crippen molar-refractivity contribution in [3.8, 4) is 0 Å². The lowest BCUT2D eigenvalue weighted by molar-refractivity contribution is -0.134. The molecule has 0 unspecified atom stereocenters. The second-order valence-electron chi connectivity index (χ2n) is 6.71. The van der Waals surface area contributed by atoms with Crippen LogP contribution in [0.1, 0.15) is 28.7 Å². The van der Waals surface area contributed by atoms with Gasteiger partial charge in [-0.2, -0.15) is 0 Å². The van der Waals surface area contributed by atoms with Crippen molar-refractivity contribution in [1.82, 2.24) is 4.90 Å². The number of aliphatic hydroxyl groups excluding tert-OH is 1. The van der Waals surface area contributed by atoms with Gasteiger partial charge in [-0.3, -0.25) is 4.79 Å². The number of hydrogen-bond donors (Lipinski definition) is 1. The summed E-state index contributed by atoms with van der Waals surface area (Å²) in [5.41, 5.74) is 3.04. The molecule has 3 nitrogen and oxygen atoms in total. The molecule has 0 saturated heterocycles. The van der Waals surface area contributed by atoms with E-state index in [1.807, 2.05) is 91.0 Å². The average molecular weight is 359 g/mol. The van der Waals surface area contributed by atoms with Gasteiger partial charge in [-0.15, -0.1) is 0 Å². The van der Waals surface area contributed by atoms with Crippen molar-refractivity contribution in [2.75, 3.05) is 13.7 Å². The molecule has 27 heavy (non-hydrogen) atoms. The van der Waals surface area contributed by atoms with E-state index in [4.69, 9.17) is 0 Å². The quantitative estimate of drug-likeness (QED) is 0.687. The van der Waals surface area contributed by atoms with Crippen LogP contribution >= 0.6 is 0 Å². The van der Waals surface area contributed by atoms with E-state index < -0.39 is 0 Å². The van der Waals surface area contributed by atoms with Crippen LogP contribution in [0.25, 0.3) is 0 Å². The van der Waals surface area contributed by atoms with Crippen LogP contribution in [0, 0.1) is 0 Å². The van der Waals surface area contributed by atoms with Crippen LogP contribution < -0.4 is 0 Å². The van der Waals surface area contributed by atoms with E-state index in [-0.39, 0.29) is 24.5 Å². The monoisotopic (exact) mass is 359 g/mol. The maximum absolute atomic E-state index is 13.4. The first-order valence-corrected chi connectivity index (χ1v) is 9.22. The van der Waals surface area contributed by atoms with Crippen molar-refractivity contribution < 1.29 is 9.90 Å². The van der Waals surface area contributed by atoms with E-state index >= 15 is 0 Å². The standard InChI is InChI=1S/C24H25NO2/c1-25(23(18-26)21-15-9-4-10-16-21)24(27)22(20-13-7-3-8-14-20)17-19-11-5-2-6-12-19/h2-16,22-23,26H,17-18H2,1H3/t22-,23+/m1/s1. The predicted octanol–water partition coefficient (Wildman–Crippen LogP) is 4.20. The maximum atomic E-state index is 13.4. The number of nitrogens with zero attached hydrogens (tertiary/aromatic N) is 1. The lowest BCUT2D eigenvalue weighted by atomic mass is 9.90. The normalized spacial score (nSPS) is 13.0. The Labute approximate surface area is 160 Å². The summed E-state index contributed by atoms with van der Waals surface area (Å²) in [6.07, 6.45) is 0.626. The Kier molecular flexibility index (Phi) is 6.39. The molecule has 1 amide bonds. The first-order chi connectivity index (χ1) is 13.2. The van der Waals surface area contributed by atoms with Crippen LogP contribution in [0.3, 0.4) is 0 Å². The van der Waals surface area contributed by atoms with Crippen LogP contribution in [0.4, 0.5) is 0 Å². The molecule has 3 aromatic rings. The molecule has 3 aromatic carbocycles. The highest BCUT2D eigenvalue weighted by molar-refractivity contribution is 5.84. The summed E-state index contributed by atoms with van der Waals surface area (Å²) in [4.78, 5) is 15.1. The summed E-state index contributed by atoms with van der Waals surface area (Å²) in [7, 11) is 1.77. The zero-order chi connectivity index (χ0) is 19.1. The number of rotatable bonds is 7. The topological polar surface area (TPSA) is 40.5 Å². The van der Waals surface area contributed by atoms with Gasteiger partial charge in [-0.05, 0) is 23.1 Å². The zero-order valence-electron chi connectivity index (χ0n) is 15.5. The molecule has 138 valence electrons. The van der Waals surface area contributed by atoms with Crippen LogP contribution in [0.5, 0.6) is 0 Å². The first-order valence-electron chi connectivity index (χ1n) is 9.22. The Morgan fingerprint density at radius 3 is 1.81 bits per heavy atom. The second kappa shape index (κ2) is 9.15. The van der Waals surface area contributed by atoms with Gasteiger partial charge in [0.25, 0.3) is 0 Å². The van der Waals surface area contributed by atoms with E-state index in [1.165, 1.54) is 0 Å². The summed E-state index contributed by atoms with van der Waals surface area (Å²) in [5, 5.41) is 9.95. The molecular formula is C24H25NO2. The van der Waals surface area contributed by atoms with Crippen molar-refractivity contribution in [1.29, 1.82) is 0 Å². The molecule has 0 bridgehead atoms. The predicted molar refractivity (Wildman–Crippen MR) is 108 cm³/mol. The Hall–Kier alpha value is -2.91. The van der Waals surface area contributed by atoms with Gasteiger partial charge in [0.2, 0.25) is 5.91 Å². The van der Waals surface area contributed by atoms with Crippen molar-refractivity contribution >= 4 is 5.91 Å². The minimum atomic E-state index is -0.360. The Morgan fingerprint density at radius 2 is 1.30 bits per heavy atom. The molecule has 0 spiro atoms. The largest absolute Gasteiger partial charge is 0.394 e. The van der Waals surface area contributed by atoms with Gasteiger partial charge in [-0.1, -0.05) is 91.0 Å². The molecule has 0 heterocycles. The maximum Gasteiger partial charge on any atom is 0.230 e. The van der Waals surface area contributed by atoms with E-state index in [0.717, 1.165) is 16.7 Å². The molecule has 0 radical (unpaired) electrons. The van der Waals surface area contributed by atoms with E-state index in [1.54, 1.807) is 11.9 Å². The molecule has 0 aliphatic carbocycles. The van der Waals surface area contributed by atoms with Gasteiger partial charge in [0.15, 0.2) is 0 Å². The number of benzene rings is 3. The highest BCUT2D eigenvalue weighted by Gasteiger charge is 2.28. The van der Waals surface area contributed by atoms with E-state index in [0.29, 0.717) is 6.42 Å². The second-order valence-corrected chi connectivity index (χ2v) is 6.71. The third-order valence-corrected chi connectivity index (χ3v) is 4.96. The highest BCUT2D eigenvalue weighted by Crippen LogP contribution is 2.27. The Balaban J connectivity index is 1.90. The number of hydrogen-bond acceptors (Lipinski definition) is 2. The molecule has 0 saturated carbocycles. The summed E-state index contributed by atoms with van der Waals surface area (Å²) < 4.78 is 0. The Bertz CT molecular complexity index is 834. The SMILES string of the molecule is CN(C(=O)[C@H](Cc1ccccc1)c1ccccc1)[C@@H](CO)c1ccccc1. The van der Waals surface area contributed by atoms with Crippen LogP contribution in [-0.2, 0) is 11.2 Å². The molecule has 0 fully saturated rings. The summed E-state index contributed by atoms with van der Waals surface area (Å²) >= 11 is 0. The van der Waals surface area contributed by atoms with Gasteiger partial charge in [0, 0.05) is 7.05 Å². The van der Waals surface area contributed by atoms with Gasteiger partial charge in [0.1, 0.15) is 0 Å². The zero-order valence-corrected chi connectivity index (χ0v) is 15.5. The van der Waals surface area contributed by atoms with Crippen molar-refractivity contribution in [2.24, 2.45) is 0 Å². The average Bonchev–Trinajstić information content (AvgIpc) is 2.74. The molecule has 2 atom stereocenters. The smallest absolute Gasteiger partial charge is 0.230 e. The van der Waals surface area contributed by atoms with E-state index in [2.05, 4.69) is 0 Å². The molecular weight excluding hydrogens is 334 g/mol. The van der Waals surface area contributed by atoms with Crippen LogP contribution in [0.2, 0.25) is 0 Å². The molecule has 0 aromatic heterocycles. The van der Waals surface area contributed by atoms with E-state index in [9.17, 15) is 9.90 Å². The minimum absolute atomic E-state index is 0.00737. The number of carbonyl (C=O) groups excluding carboxylic acids is 1. The summed E-state index contributed by atoms with van der Waals surface area (Å²) in [5.74, 6) is -0.288. The fraction of sp³-hybridized carbons (Fsp3) is 0.208. The van der Waals surface area contributed by atoms with Gasteiger partial charge in [0.05, 0.1) is 18.6 Å². The van der Waals surface area contributed by atoms with Gasteiger partial charge >= 0.3 is 0 Å². The van der Waals surface area contributed by atoms with Gasteiger partial charge < -0.3 is 10.0 Å². The number of likely N-dealkylation sites (N-methyl/N-ethyl adjacent to an activating group) is 1. The third-order valence-electron chi connectivity index (χ3n) is 4.96. The van der Waals surface area contributed by atoms with Gasteiger partial charge in [-0.25, -0.2) is 0 Å². The molecule has 1 N–H and O–H groups in total. The Morgan fingerprint density at radius 1 is 0.815 bits per heavy atom. The molecule has 3 rings (SSSR count). The first kappa shape index (κ1) is 18.9. The fourth-order valence-electron chi connectivity index (χ4n) is 3.41. The number of aliphatic hydroxyl groups is 1. The fourth-order valence-corrected chi connectivity index (χ4v) is 3.41. The third kappa shape index (κ3) is 4.63.